The number of aliphatic imine (C=N–C) groups is 1. The van der Waals surface area contributed by atoms with Gasteiger partial charge in [-0.1, -0.05) is 13.0 Å². The van der Waals surface area contributed by atoms with Crippen LogP contribution in [-0.2, 0) is 11.2 Å². The zero-order chi connectivity index (χ0) is 18.9. The van der Waals surface area contributed by atoms with Crippen LogP contribution in [0.25, 0.3) is 0 Å². The van der Waals surface area contributed by atoms with Gasteiger partial charge in [-0.15, -0.1) is 0 Å². The van der Waals surface area contributed by atoms with Gasteiger partial charge in [0.1, 0.15) is 0 Å². The third kappa shape index (κ3) is 6.29. The van der Waals surface area contributed by atoms with E-state index in [9.17, 15) is 0 Å². The quantitative estimate of drug-likeness (QED) is 0.529. The lowest BCUT2D eigenvalue weighted by Crippen LogP contribution is -2.40. The van der Waals surface area contributed by atoms with Crippen molar-refractivity contribution in [2.24, 2.45) is 10.9 Å². The smallest absolute Gasteiger partial charge is 0.231 e. The van der Waals surface area contributed by atoms with Crippen molar-refractivity contribution in [2.45, 2.75) is 20.3 Å². The second-order valence-corrected chi connectivity index (χ2v) is 7.10. The van der Waals surface area contributed by atoms with Gasteiger partial charge in [-0.3, -0.25) is 9.89 Å². The van der Waals surface area contributed by atoms with Crippen molar-refractivity contribution >= 4 is 5.96 Å². The summed E-state index contributed by atoms with van der Waals surface area (Å²) < 4.78 is 16.2. The minimum Gasteiger partial charge on any atom is -0.454 e. The van der Waals surface area contributed by atoms with Gasteiger partial charge in [-0.2, -0.15) is 0 Å². The van der Waals surface area contributed by atoms with Crippen LogP contribution in [0.2, 0.25) is 0 Å². The van der Waals surface area contributed by atoms with Crippen LogP contribution in [0.4, 0.5) is 0 Å². The normalized spacial score (nSPS) is 18.4. The van der Waals surface area contributed by atoms with E-state index < -0.39 is 0 Å². The van der Waals surface area contributed by atoms with Crippen LogP contribution >= 0.6 is 0 Å². The molecule has 150 valence electrons. The molecule has 0 aliphatic carbocycles. The second kappa shape index (κ2) is 10.4. The first-order valence-corrected chi connectivity index (χ1v) is 9.95. The average Bonchev–Trinajstić information content (AvgIpc) is 3.15. The largest absolute Gasteiger partial charge is 0.454 e. The molecule has 1 fully saturated rings. The molecular formula is C20H32N4O3. The molecule has 0 radical (unpaired) electrons. The van der Waals surface area contributed by atoms with Crippen LogP contribution in [0, 0.1) is 5.92 Å². The standard InChI is InChI=1S/C20H32N4O3/c1-3-21-20(23-13-16(2)14-24-8-10-25-11-9-24)22-7-6-17-4-5-18-19(12-17)27-15-26-18/h4-5,12,16H,3,6-11,13-15H2,1-2H3,(H2,21,22,23). The molecule has 0 bridgehead atoms. The summed E-state index contributed by atoms with van der Waals surface area (Å²) in [6.07, 6.45) is 0.907. The van der Waals surface area contributed by atoms with Gasteiger partial charge in [0.15, 0.2) is 17.5 Å². The number of ether oxygens (including phenoxy) is 3. The van der Waals surface area contributed by atoms with Crippen LogP contribution in [0.5, 0.6) is 11.5 Å². The Labute approximate surface area is 162 Å². The summed E-state index contributed by atoms with van der Waals surface area (Å²) in [5, 5.41) is 6.76. The molecule has 1 saturated heterocycles. The Kier molecular flexibility index (Phi) is 7.59. The molecule has 1 atom stereocenters. The zero-order valence-corrected chi connectivity index (χ0v) is 16.5. The number of nitrogens with one attached hydrogen (secondary N) is 2. The fraction of sp³-hybridized carbons (Fsp3) is 0.650. The number of hydrogen-bond acceptors (Lipinski definition) is 5. The predicted molar refractivity (Wildman–Crippen MR) is 107 cm³/mol. The molecule has 1 aromatic carbocycles. The summed E-state index contributed by atoms with van der Waals surface area (Å²) in [5.74, 6) is 3.07. The highest BCUT2D eigenvalue weighted by atomic mass is 16.7. The first-order chi connectivity index (χ1) is 13.2. The fourth-order valence-electron chi connectivity index (χ4n) is 3.29. The SMILES string of the molecule is CCNC(=NCC(C)CN1CCOCC1)NCCc1ccc2c(c1)OCO2. The Hall–Kier alpha value is -1.99. The van der Waals surface area contributed by atoms with E-state index in [2.05, 4.69) is 41.5 Å². The number of benzene rings is 1. The molecule has 2 N–H and O–H groups in total. The molecule has 0 saturated carbocycles. The van der Waals surface area contributed by atoms with Crippen LogP contribution in [0.1, 0.15) is 19.4 Å². The lowest BCUT2D eigenvalue weighted by Gasteiger charge is -2.28. The van der Waals surface area contributed by atoms with Crippen molar-refractivity contribution in [2.75, 3.05) is 59.3 Å². The molecule has 0 amide bonds. The molecule has 7 heteroatoms. The summed E-state index contributed by atoms with van der Waals surface area (Å²) in [7, 11) is 0. The lowest BCUT2D eigenvalue weighted by atomic mass is 10.1. The van der Waals surface area contributed by atoms with Gasteiger partial charge >= 0.3 is 0 Å². The van der Waals surface area contributed by atoms with Crippen molar-refractivity contribution in [1.82, 2.24) is 15.5 Å². The monoisotopic (exact) mass is 376 g/mol. The highest BCUT2D eigenvalue weighted by Gasteiger charge is 2.14. The average molecular weight is 377 g/mol. The molecule has 1 unspecified atom stereocenters. The van der Waals surface area contributed by atoms with Gasteiger partial charge in [-0.25, -0.2) is 0 Å². The highest BCUT2D eigenvalue weighted by Crippen LogP contribution is 2.32. The number of nitrogens with zero attached hydrogens (tertiary/aromatic N) is 2. The van der Waals surface area contributed by atoms with Gasteiger partial charge in [0.05, 0.1) is 13.2 Å². The second-order valence-electron chi connectivity index (χ2n) is 7.10. The number of rotatable bonds is 8. The van der Waals surface area contributed by atoms with Gasteiger partial charge in [-0.05, 0) is 37.0 Å². The van der Waals surface area contributed by atoms with Crippen molar-refractivity contribution in [3.63, 3.8) is 0 Å². The highest BCUT2D eigenvalue weighted by molar-refractivity contribution is 5.79. The summed E-state index contributed by atoms with van der Waals surface area (Å²) in [4.78, 5) is 7.22. The topological polar surface area (TPSA) is 67.4 Å². The maximum absolute atomic E-state index is 5.44. The maximum Gasteiger partial charge on any atom is 0.231 e. The van der Waals surface area contributed by atoms with E-state index in [1.54, 1.807) is 0 Å². The van der Waals surface area contributed by atoms with E-state index in [0.29, 0.717) is 12.7 Å². The Balaban J connectivity index is 1.42. The molecule has 0 spiro atoms. The van der Waals surface area contributed by atoms with E-state index in [1.165, 1.54) is 5.56 Å². The van der Waals surface area contributed by atoms with Crippen LogP contribution in [-0.4, -0.2) is 70.1 Å². The maximum atomic E-state index is 5.44. The van der Waals surface area contributed by atoms with Crippen molar-refractivity contribution in [1.29, 1.82) is 0 Å². The van der Waals surface area contributed by atoms with E-state index in [0.717, 1.165) is 76.4 Å². The van der Waals surface area contributed by atoms with E-state index in [1.807, 2.05) is 6.07 Å². The fourth-order valence-corrected chi connectivity index (χ4v) is 3.29. The third-order valence-electron chi connectivity index (χ3n) is 4.72. The number of guanidine groups is 1. The Bertz CT molecular complexity index is 617. The van der Waals surface area contributed by atoms with E-state index in [-0.39, 0.29) is 0 Å². The van der Waals surface area contributed by atoms with E-state index in [4.69, 9.17) is 19.2 Å². The molecule has 27 heavy (non-hydrogen) atoms. The van der Waals surface area contributed by atoms with Gasteiger partial charge in [0, 0.05) is 39.3 Å². The van der Waals surface area contributed by atoms with Crippen molar-refractivity contribution in [3.05, 3.63) is 23.8 Å². The van der Waals surface area contributed by atoms with Gasteiger partial charge in [0.25, 0.3) is 0 Å². The van der Waals surface area contributed by atoms with Crippen LogP contribution in [0.15, 0.2) is 23.2 Å². The summed E-state index contributed by atoms with van der Waals surface area (Å²) in [5.41, 5.74) is 1.23. The van der Waals surface area contributed by atoms with Gasteiger partial charge in [0.2, 0.25) is 6.79 Å². The van der Waals surface area contributed by atoms with Gasteiger partial charge < -0.3 is 24.8 Å². The van der Waals surface area contributed by atoms with Crippen molar-refractivity contribution < 1.29 is 14.2 Å². The Morgan fingerprint density at radius 2 is 2.00 bits per heavy atom. The molecule has 0 aromatic heterocycles. The first kappa shape index (κ1) is 19.8. The lowest BCUT2D eigenvalue weighted by molar-refractivity contribution is 0.0323. The van der Waals surface area contributed by atoms with Crippen LogP contribution in [0.3, 0.4) is 0 Å². The molecular weight excluding hydrogens is 344 g/mol. The minimum atomic E-state index is 0.316. The number of hydrogen-bond donors (Lipinski definition) is 2. The van der Waals surface area contributed by atoms with E-state index >= 15 is 0 Å². The Morgan fingerprint density at radius 3 is 2.81 bits per heavy atom. The molecule has 2 aliphatic rings. The van der Waals surface area contributed by atoms with Crippen LogP contribution < -0.4 is 20.1 Å². The first-order valence-electron chi connectivity index (χ1n) is 9.95. The summed E-state index contributed by atoms with van der Waals surface area (Å²) in [6.45, 7) is 12.0. The molecule has 1 aromatic rings. The third-order valence-corrected chi connectivity index (χ3v) is 4.72. The number of morpholine rings is 1. The predicted octanol–water partition coefficient (Wildman–Crippen LogP) is 1.48. The zero-order valence-electron chi connectivity index (χ0n) is 16.5. The molecule has 2 aliphatic heterocycles. The molecule has 7 nitrogen and oxygen atoms in total. The summed E-state index contributed by atoms with van der Waals surface area (Å²) in [6, 6.07) is 6.12. The van der Waals surface area contributed by atoms with Crippen molar-refractivity contribution in [3.8, 4) is 11.5 Å². The number of fused-ring (bicyclic) bond motifs is 1. The minimum absolute atomic E-state index is 0.316. The Morgan fingerprint density at radius 1 is 1.19 bits per heavy atom. The molecule has 3 rings (SSSR count). The molecule has 2 heterocycles. The summed E-state index contributed by atoms with van der Waals surface area (Å²) >= 11 is 0.